The maximum atomic E-state index is 13.2. The van der Waals surface area contributed by atoms with E-state index in [1.807, 2.05) is 97.2 Å². The van der Waals surface area contributed by atoms with E-state index in [0.717, 1.165) is 67.3 Å². The number of epoxide rings is 2. The number of hydrogen-bond donors (Lipinski definition) is 5. The second-order valence-electron chi connectivity index (χ2n) is 33.4. The molecule has 2 bridgehead atoms. The summed E-state index contributed by atoms with van der Waals surface area (Å²) >= 11 is 19.5. The van der Waals surface area contributed by atoms with E-state index in [1.54, 1.807) is 78.9 Å². The molecule has 148 heavy (non-hydrogen) atoms. The number of aliphatic hydroxyl groups excluding tert-OH is 2. The minimum absolute atomic E-state index is 0. The van der Waals surface area contributed by atoms with Crippen molar-refractivity contribution in [2.75, 3.05) is 66.2 Å². The quantitative estimate of drug-likeness (QED) is 0.00273. The van der Waals surface area contributed by atoms with E-state index in [4.69, 9.17) is 58.0 Å². The first-order chi connectivity index (χ1) is 68.2. The van der Waals surface area contributed by atoms with Crippen LogP contribution >= 0.6 is 95.6 Å². The Morgan fingerprint density at radius 2 is 0.926 bits per heavy atom. The molecule has 13 rings (SSSR count). The number of pyridine rings is 1. The fourth-order valence-corrected chi connectivity index (χ4v) is 16.4. The largest absolute Gasteiger partial charge is 1.00 e. The third-order valence-electron chi connectivity index (χ3n) is 22.3. The number of carboxylic acids is 1. The average Bonchev–Trinajstić information content (AvgIpc) is 1.56. The Kier molecular flexibility index (Phi) is 97.1. The first-order valence-corrected chi connectivity index (χ1v) is 52.1. The third-order valence-corrected chi connectivity index (χ3v) is 27.2. The van der Waals surface area contributed by atoms with Crippen molar-refractivity contribution >= 4 is 127 Å². The van der Waals surface area contributed by atoms with Gasteiger partial charge in [0, 0.05) is 83.3 Å². The van der Waals surface area contributed by atoms with Gasteiger partial charge in [-0.05, 0) is 181 Å². The molecule has 3 heterocycles. The molecule has 5 N–H and O–H groups in total. The van der Waals surface area contributed by atoms with Crippen molar-refractivity contribution in [3.05, 3.63) is 289 Å². The molecule has 2 aliphatic heterocycles. The Hall–Kier alpha value is -3.23. The summed E-state index contributed by atoms with van der Waals surface area (Å²) in [4.78, 5) is 65.7. The van der Waals surface area contributed by atoms with Gasteiger partial charge in [-0.2, -0.15) is 0 Å². The van der Waals surface area contributed by atoms with Crippen LogP contribution in [0.5, 0.6) is 28.7 Å². The number of aromatic nitrogens is 1. The molecule has 3 unspecified atom stereocenters. The van der Waals surface area contributed by atoms with Crippen LogP contribution in [-0.4, -0.2) is 170 Å². The number of aliphatic carboxylic acids is 1. The topological polar surface area (TPSA) is 318 Å². The number of nitro groups is 1. The van der Waals surface area contributed by atoms with Gasteiger partial charge in [0.15, 0.2) is 30.7 Å². The number of ether oxygens (including phenoxy) is 8. The molecule has 0 radical (unpaired) electrons. The summed E-state index contributed by atoms with van der Waals surface area (Å²) in [6.45, 7) is 20.6. The van der Waals surface area contributed by atoms with E-state index >= 15 is 0 Å². The van der Waals surface area contributed by atoms with E-state index in [2.05, 4.69) is 186 Å². The Balaban J connectivity index is -0.000000307. The molecule has 9 atom stereocenters. The zero-order chi connectivity index (χ0) is 105. The molecule has 4 fully saturated rings. The van der Waals surface area contributed by atoms with Crippen LogP contribution in [0.25, 0.3) is 0 Å². The molecule has 8 aromatic carbocycles. The van der Waals surface area contributed by atoms with Crippen LogP contribution in [0.2, 0.25) is 0 Å². The van der Waals surface area contributed by atoms with Crippen LogP contribution in [0, 0.1) is 26.9 Å². The van der Waals surface area contributed by atoms with Gasteiger partial charge in [0.05, 0.1) is 60.6 Å². The molecule has 23 nitrogen and oxygen atoms in total. The van der Waals surface area contributed by atoms with E-state index in [-0.39, 0.29) is 220 Å². The van der Waals surface area contributed by atoms with Gasteiger partial charge in [0.25, 0.3) is 5.97 Å². The number of carbonyl (C=O) groups is 5. The molecule has 0 spiro atoms. The monoisotopic (exact) mass is 2670 g/mol. The van der Waals surface area contributed by atoms with Gasteiger partial charge in [-0.1, -0.05) is 320 Å². The van der Waals surface area contributed by atoms with Crippen LogP contribution in [0.4, 0.5) is 31.3 Å². The Labute approximate surface area is 1060 Å². The van der Waals surface area contributed by atoms with Crippen LogP contribution in [-0.2, 0) is 68.3 Å². The van der Waals surface area contributed by atoms with E-state index < -0.39 is 67.4 Å². The number of aromatic hydroxyl groups is 1. The molecule has 2 saturated heterocycles. The van der Waals surface area contributed by atoms with Crippen LogP contribution in [0.1, 0.15) is 243 Å². The Bertz CT molecular complexity index is 4920. The molecule has 4 aliphatic rings. The van der Waals surface area contributed by atoms with Crippen molar-refractivity contribution in [3.8, 4) is 28.7 Å². The number of rotatable bonds is 43. The van der Waals surface area contributed by atoms with Gasteiger partial charge in [0.2, 0.25) is 6.54 Å². The summed E-state index contributed by atoms with van der Waals surface area (Å²) in [6, 6.07) is 60.9. The summed E-state index contributed by atoms with van der Waals surface area (Å²) in [7, 11) is 0. The number of carboxylic acid groups (broad SMARTS) is 1. The first kappa shape index (κ1) is 153. The number of benzene rings is 8. The Morgan fingerprint density at radius 1 is 0.561 bits per heavy atom. The average molecular weight is 2680 g/mol. The van der Waals surface area contributed by atoms with E-state index in [9.17, 15) is 61.0 Å². The van der Waals surface area contributed by atoms with Crippen molar-refractivity contribution in [1.82, 2.24) is 15.9 Å². The summed E-state index contributed by atoms with van der Waals surface area (Å²) in [5.41, 5.74) is 5.17. The number of phenolic OH excluding ortho intramolecular Hbond substituents is 1. The molecule has 2 saturated carbocycles. The predicted molar refractivity (Wildman–Crippen MR) is 571 cm³/mol. The smallest absolute Gasteiger partial charge is 1.00 e. The summed E-state index contributed by atoms with van der Waals surface area (Å²) < 4.78 is 112. The SMILES string of the molecule is BrCc1ccccc1.CC(=O)O.CC1(C)C2CCC1(C)C(NCc1ccccn1)C2.CCCCCCCC.CCCCCCCC.CC[C@@H]1CO1.F.FN(F)F.O=Cc1cccc(O)c1Br.O=Cc1cccc(OC[C@@H](CF)OCc2ccccc2)c1Br.O=Cc1cccc(OC[C@H](O)CF)c1Br.O=Cc1cccc(OC[C@H]2CO2)c1Br.O=[N+]([O-])C[C@@H](O)c1cccc(OC[C@@H](CF)OCc2ccccc2)c1Br.[Cs+].[F-].[H-].[H-].[K+].[Na+].[Zn]. The zero-order valence-corrected chi connectivity index (χ0v) is 110. The minimum atomic E-state index is -2.50. The standard InChI is InChI=1S/C18H19BrFNO5.C17H16BrFO3.C16H24N2.C10H10BrFO3.C10H9BrO3.2C8H18.C7H5BrO2.C7H7Br.C4H8O.C2H4O2.Cs.F3N.2FH.K.Na.Zn.2H/c19-18-15(16(22)10-21(23)24)7-4-8-17(18)26-12-14(9-20)25-11-13-5-2-1-3-6-13;18-17-14(10-20)7-4-8-16(17)22-12-15(9-19)21-11-13-5-2-1-3-6-13;1-15(2)12-7-8-16(15,3)14(10-12)18-11-13-6-4-5-9-17-13;11-10-7(5-13)2-1-3-9(10)15-6-8(14)4-12;11-10-7(4-12)2-1-3-9(10)14-6-8-5-13-8;2*1-3-5-7-8-6-4-2;8-7-5(4-9)2-1-3-6(7)10;8-6-7-4-2-1-3-5-7;1-2-4-3-5-4;1-2(3)4;;1-4(2)3;;;;;;;/h1-8,14,16,22H,9-12H2;1-8,10,15H,9,11-12H2;4-6,9,12,14,18H,7-8,10-11H2,1-3H3;1-3,5,8,14H,4,6H2;1-4,8H,5-6H2;2*3-8H2,1-2H3;1-4,10H;1-5H,6H2;4H,2-3H2,1H3;1H3,(H,3,4);;;2*1H;;;;;/q;;;;;;;;;;;+1;;;;2*+1;;2*-1/p-1/t14-,16-;15-;;2*8-;;;;;4-;;;;;;;;;;/m11.11....1........../s1. The maximum Gasteiger partial charge on any atom is 1.00 e. The van der Waals surface area contributed by atoms with Crippen molar-refractivity contribution in [1.29, 1.82) is 0 Å². The number of aldehydes is 4. The summed E-state index contributed by atoms with van der Waals surface area (Å²) in [6.07, 6.45) is 24.1. The van der Waals surface area contributed by atoms with Crippen LogP contribution < -0.4 is 179 Å². The first-order valence-electron chi connectivity index (χ1n) is 47.0. The molecule has 806 valence electrons. The van der Waals surface area contributed by atoms with E-state index in [1.165, 1.54) is 114 Å². The maximum absolute atomic E-state index is 13.2. The molecule has 1 aromatic heterocycles. The normalized spacial score (nSPS) is 15.4. The fourth-order valence-electron chi connectivity index (χ4n) is 13.6. The van der Waals surface area contributed by atoms with Gasteiger partial charge in [-0.3, -0.25) is 43.8 Å². The molecule has 2 aliphatic carbocycles. The number of carbonyl (C=O) groups excluding carboxylic acids is 4. The van der Waals surface area contributed by atoms with Crippen molar-refractivity contribution in [3.63, 3.8) is 0 Å². The molecular weight excluding hydrogens is 2540 g/mol. The van der Waals surface area contributed by atoms with Crippen LogP contribution in [0.15, 0.2) is 229 Å². The third kappa shape index (κ3) is 67.1. The number of halogens is 14. The van der Waals surface area contributed by atoms with Crippen LogP contribution in [0.3, 0.4) is 0 Å². The number of aliphatic hydroxyl groups is 2. The number of hydrogen-bond acceptors (Lipinski definition) is 21. The zero-order valence-electron chi connectivity index (χ0n) is 88.6. The fraction of sp³-hybridized carbons (Fsp3) is 0.458. The number of fused-ring (bicyclic) bond motifs is 2. The van der Waals surface area contributed by atoms with Gasteiger partial charge < -0.3 is 71.2 Å². The molecule has 9 aromatic rings. The molecule has 41 heteroatoms. The number of nitrogens with one attached hydrogen (secondary N) is 1. The number of phenols is 1. The van der Waals surface area contributed by atoms with Gasteiger partial charge >= 0.3 is 150 Å². The van der Waals surface area contributed by atoms with Crippen molar-refractivity contribution in [2.24, 2.45) is 16.7 Å². The molecular formula is C107H141Br6CsF8KN4NaO19Zn. The number of nitrogens with zero attached hydrogens (tertiary/aromatic N) is 3. The summed E-state index contributed by atoms with van der Waals surface area (Å²) in [5, 5.41) is 50.6. The molecule has 0 amide bonds. The summed E-state index contributed by atoms with van der Waals surface area (Å²) in [5.74, 6) is 2.10. The van der Waals surface area contributed by atoms with Crippen molar-refractivity contribution in [2.45, 2.75) is 233 Å². The second-order valence-corrected chi connectivity index (χ2v) is 37.9. The Morgan fingerprint density at radius 3 is 1.24 bits per heavy atom. The van der Waals surface area contributed by atoms with E-state index in [0.29, 0.717) is 122 Å². The van der Waals surface area contributed by atoms with Gasteiger partial charge in [0.1, 0.15) is 106 Å². The minimum Gasteiger partial charge on any atom is -1.00 e. The van der Waals surface area contributed by atoms with Crippen molar-refractivity contribution < 1.29 is 295 Å². The second kappa shape index (κ2) is 93.8. The van der Waals surface area contributed by atoms with Gasteiger partial charge in [-0.25, -0.2) is 13.2 Å². The predicted octanol–water partition coefficient (Wildman–Crippen LogP) is 16.8. The number of unbranched alkanes of at least 4 members (excludes halogenated alkanes) is 10. The number of alkyl halides is 4. The van der Waals surface area contributed by atoms with Gasteiger partial charge in [-0.15, -0.1) is 0 Å².